The largest absolute Gasteiger partial charge is 0.372 e. The number of terminal acetylenes is 1. The molecule has 0 spiro atoms. The van der Waals surface area contributed by atoms with Crippen LogP contribution in [0.25, 0.3) is 22.0 Å². The summed E-state index contributed by atoms with van der Waals surface area (Å²) in [5, 5.41) is 0.978. The zero-order valence-electron chi connectivity index (χ0n) is 22.2. The van der Waals surface area contributed by atoms with Gasteiger partial charge in [0.1, 0.15) is 11.1 Å². The number of aromatic nitrogens is 2. The lowest BCUT2D eigenvalue weighted by molar-refractivity contribution is -0.890. The second-order valence-corrected chi connectivity index (χ2v) is 11.2. The van der Waals surface area contributed by atoms with Gasteiger partial charge in [0.15, 0.2) is 5.65 Å². The Balaban J connectivity index is 1.37. The number of carbonyl (C=O) groups excluding carboxylic acids is 1. The van der Waals surface area contributed by atoms with E-state index in [1.807, 2.05) is 13.0 Å². The van der Waals surface area contributed by atoms with Crippen LogP contribution >= 0.6 is 11.3 Å². The topological polar surface area (TPSA) is 55.3 Å². The highest BCUT2D eigenvalue weighted by Crippen LogP contribution is 2.35. The number of hydrogen-bond acceptors (Lipinski definition) is 6. The fourth-order valence-corrected chi connectivity index (χ4v) is 5.69. The van der Waals surface area contributed by atoms with Crippen molar-refractivity contribution in [2.45, 2.75) is 39.5 Å². The average Bonchev–Trinajstić information content (AvgIpc) is 3.25. The first-order valence-corrected chi connectivity index (χ1v) is 13.6. The third kappa shape index (κ3) is 6.85. The van der Waals surface area contributed by atoms with Crippen molar-refractivity contribution in [1.82, 2.24) is 9.97 Å². The highest BCUT2D eigenvalue weighted by molar-refractivity contribution is 7.19. The van der Waals surface area contributed by atoms with Crippen molar-refractivity contribution < 1.29 is 14.0 Å². The molecule has 0 N–H and O–H groups in total. The molecule has 3 heterocycles. The molecule has 0 amide bonds. The third-order valence-corrected chi connectivity index (χ3v) is 7.79. The number of aryl methyl sites for hydroxylation is 2. The van der Waals surface area contributed by atoms with Crippen molar-refractivity contribution in [1.29, 1.82) is 0 Å². The van der Waals surface area contributed by atoms with Crippen LogP contribution in [0.1, 0.15) is 47.5 Å². The summed E-state index contributed by atoms with van der Waals surface area (Å²) in [4.78, 5) is 23.2. The minimum atomic E-state index is -0.323. The Labute approximate surface area is 223 Å². The van der Waals surface area contributed by atoms with E-state index in [-0.39, 0.29) is 5.97 Å². The minimum Gasteiger partial charge on any atom is -0.372 e. The molecule has 0 fully saturated rings. The van der Waals surface area contributed by atoms with Crippen molar-refractivity contribution in [2.75, 3.05) is 38.6 Å². The molecular formula is C30H35N4O2S+. The number of esters is 1. The Hall–Kier alpha value is -3.47. The van der Waals surface area contributed by atoms with E-state index >= 15 is 0 Å². The number of para-hydroxylation sites is 1. The summed E-state index contributed by atoms with van der Waals surface area (Å²) in [7, 11) is 4.42. The lowest BCUT2D eigenvalue weighted by Crippen LogP contribution is -2.41. The number of thiazole rings is 1. The maximum Gasteiger partial charge on any atom is 0.319 e. The van der Waals surface area contributed by atoms with Crippen LogP contribution in [0.3, 0.4) is 0 Å². The lowest BCUT2D eigenvalue weighted by Gasteiger charge is -2.31. The van der Waals surface area contributed by atoms with Crippen LogP contribution in [0.4, 0.5) is 5.69 Å². The predicted octanol–water partition coefficient (Wildman–Crippen LogP) is 5.95. The van der Waals surface area contributed by atoms with E-state index in [2.05, 4.69) is 84.3 Å². The summed E-state index contributed by atoms with van der Waals surface area (Å²) in [5.74, 6) is -0.323. The fraction of sp³-hybridized carbons (Fsp3) is 0.367. The Bertz CT molecular complexity index is 1380. The molecule has 6 nitrogen and oxygen atoms in total. The van der Waals surface area contributed by atoms with Gasteiger partial charge in [-0.3, -0.25) is 4.79 Å². The molecule has 0 unspecified atom stereocenters. The molecule has 0 atom stereocenters. The molecular weight excluding hydrogens is 480 g/mol. The van der Waals surface area contributed by atoms with Gasteiger partial charge in [0, 0.05) is 36.1 Å². The Morgan fingerprint density at radius 2 is 1.95 bits per heavy atom. The summed E-state index contributed by atoms with van der Waals surface area (Å²) in [5.41, 5.74) is 6.67. The smallest absolute Gasteiger partial charge is 0.319 e. The summed E-state index contributed by atoms with van der Waals surface area (Å²) >= 11 is 1.70. The maximum atomic E-state index is 11.5. The van der Waals surface area contributed by atoms with Gasteiger partial charge in [-0.05, 0) is 62.1 Å². The molecule has 37 heavy (non-hydrogen) atoms. The normalized spacial score (nSPS) is 14.1. The van der Waals surface area contributed by atoms with Gasteiger partial charge in [-0.15, -0.1) is 11.3 Å². The monoisotopic (exact) mass is 515 g/mol. The van der Waals surface area contributed by atoms with E-state index in [9.17, 15) is 4.79 Å². The van der Waals surface area contributed by atoms with Gasteiger partial charge < -0.3 is 14.1 Å². The first kappa shape index (κ1) is 26.6. The molecule has 1 aliphatic rings. The van der Waals surface area contributed by atoms with E-state index in [1.165, 1.54) is 22.4 Å². The van der Waals surface area contributed by atoms with Crippen molar-refractivity contribution >= 4 is 45.0 Å². The van der Waals surface area contributed by atoms with Crippen molar-refractivity contribution in [3.05, 3.63) is 64.4 Å². The maximum absolute atomic E-state index is 11.5. The molecule has 0 saturated carbocycles. The van der Waals surface area contributed by atoms with Crippen LogP contribution < -0.4 is 4.90 Å². The number of allylic oxidation sites excluding steroid dienone is 2. The summed E-state index contributed by atoms with van der Waals surface area (Å²) in [6.45, 7) is 7.06. The number of hydrogen-bond donors (Lipinski definition) is 0. The van der Waals surface area contributed by atoms with Crippen LogP contribution in [-0.4, -0.2) is 54.1 Å². The van der Waals surface area contributed by atoms with Crippen LogP contribution in [-0.2, 0) is 9.53 Å². The summed E-state index contributed by atoms with van der Waals surface area (Å²) in [6, 6.07) is 10.7. The number of nitrogens with zero attached hydrogens (tertiary/aromatic N) is 4. The molecule has 192 valence electrons. The molecule has 0 radical (unpaired) electrons. The Kier molecular flexibility index (Phi) is 8.42. The van der Waals surface area contributed by atoms with Crippen LogP contribution in [0.15, 0.2) is 42.6 Å². The molecule has 1 aromatic carbocycles. The van der Waals surface area contributed by atoms with Gasteiger partial charge in [-0.1, -0.05) is 24.6 Å². The highest BCUT2D eigenvalue weighted by atomic mass is 32.1. The standard InChI is InChI=1S/C30H35N4O2S/c1-6-36-28(35)14-11-19-34(4,5)18-10-9-16-33-17-15-24(25-12-7-8-13-26(25)33)21-27-32-30-29(37-27)22(2)20-23(3)31-30/h1,7-8,12-13,15,17,20-21H,9-11,14,16,18-19H2,2-5H3/q+1. The number of rotatable bonds is 10. The van der Waals surface area contributed by atoms with Gasteiger partial charge in [0.25, 0.3) is 0 Å². The lowest BCUT2D eigenvalue weighted by atomic mass is 9.99. The quantitative estimate of drug-likeness (QED) is 0.144. The van der Waals surface area contributed by atoms with Crippen LogP contribution in [0, 0.1) is 26.4 Å². The molecule has 2 aromatic heterocycles. The fourth-order valence-electron chi connectivity index (χ4n) is 4.77. The minimum absolute atomic E-state index is 0.323. The highest BCUT2D eigenvalue weighted by Gasteiger charge is 2.19. The SMILES string of the molecule is C#COC(=O)CCC[N+](C)(C)CCCCN1C=CC(=Cc2nc3nc(C)cc(C)c3s2)c2ccccc21. The van der Waals surface area contributed by atoms with E-state index in [0.717, 1.165) is 64.4 Å². The second kappa shape index (κ2) is 11.7. The van der Waals surface area contributed by atoms with Crippen LogP contribution in [0.2, 0.25) is 0 Å². The number of pyridine rings is 1. The first-order chi connectivity index (χ1) is 17.8. The third-order valence-electron chi connectivity index (χ3n) is 6.66. The average molecular weight is 516 g/mol. The molecule has 0 saturated heterocycles. The number of ether oxygens (including phenoxy) is 1. The Morgan fingerprint density at radius 3 is 2.76 bits per heavy atom. The van der Waals surface area contributed by atoms with Crippen LogP contribution in [0.5, 0.6) is 0 Å². The molecule has 3 aromatic rings. The van der Waals surface area contributed by atoms with E-state index in [1.54, 1.807) is 11.3 Å². The zero-order chi connectivity index (χ0) is 26.4. The van der Waals surface area contributed by atoms with E-state index < -0.39 is 0 Å². The number of benzene rings is 1. The van der Waals surface area contributed by atoms with Gasteiger partial charge in [0.05, 0.1) is 38.3 Å². The first-order valence-electron chi connectivity index (χ1n) is 12.7. The molecule has 0 aliphatic carbocycles. The van der Waals surface area contributed by atoms with Crippen molar-refractivity contribution in [3.63, 3.8) is 0 Å². The number of unbranched alkanes of at least 4 members (excludes halogenated alkanes) is 1. The summed E-state index contributed by atoms with van der Waals surface area (Å²) < 4.78 is 6.60. The van der Waals surface area contributed by atoms with E-state index in [4.69, 9.17) is 11.4 Å². The van der Waals surface area contributed by atoms with Gasteiger partial charge in [0.2, 0.25) is 0 Å². The molecule has 7 heteroatoms. The van der Waals surface area contributed by atoms with Gasteiger partial charge >= 0.3 is 5.97 Å². The molecule has 4 rings (SSSR count). The number of fused-ring (bicyclic) bond motifs is 2. The second-order valence-electron chi connectivity index (χ2n) is 10.2. The number of anilines is 1. The van der Waals surface area contributed by atoms with Gasteiger partial charge in [-0.2, -0.15) is 0 Å². The summed E-state index contributed by atoms with van der Waals surface area (Å²) in [6.07, 6.45) is 16.8. The Morgan fingerprint density at radius 1 is 1.16 bits per heavy atom. The van der Waals surface area contributed by atoms with Gasteiger partial charge in [-0.25, -0.2) is 9.97 Å². The van der Waals surface area contributed by atoms with Crippen molar-refractivity contribution in [3.8, 4) is 12.5 Å². The number of carbonyl (C=O) groups is 1. The zero-order valence-corrected chi connectivity index (χ0v) is 23.0. The molecule has 0 bridgehead atoms. The van der Waals surface area contributed by atoms with Crippen molar-refractivity contribution in [2.24, 2.45) is 0 Å². The van der Waals surface area contributed by atoms with E-state index in [0.29, 0.717) is 6.42 Å². The predicted molar refractivity (Wildman–Crippen MR) is 153 cm³/mol. The number of quaternary nitrogens is 1. The molecule has 1 aliphatic heterocycles.